The first-order valence-corrected chi connectivity index (χ1v) is 14.5. The van der Waals surface area contributed by atoms with E-state index in [-0.39, 0.29) is 6.54 Å². The summed E-state index contributed by atoms with van der Waals surface area (Å²) in [7, 11) is 2.91. The fraction of sp³-hybridized carbons (Fsp3) is 0.290. The van der Waals surface area contributed by atoms with Crippen LogP contribution in [0.1, 0.15) is 17.2 Å². The van der Waals surface area contributed by atoms with E-state index in [0.717, 1.165) is 5.69 Å². The highest BCUT2D eigenvalue weighted by Crippen LogP contribution is 2.33. The fourth-order valence-corrected chi connectivity index (χ4v) is 5.33. The molecule has 1 aromatic carbocycles. The number of pyridine rings is 2. The predicted octanol–water partition coefficient (Wildman–Crippen LogP) is 3.42. The summed E-state index contributed by atoms with van der Waals surface area (Å²) in [5.74, 6) is -0.631. The minimum absolute atomic E-state index is 0.0652. The lowest BCUT2D eigenvalue weighted by Gasteiger charge is -2.19. The molecule has 5 aromatic rings. The minimum atomic E-state index is -0.645. The number of fused-ring (bicyclic) bond motifs is 1. The SMILES string of the molecule is COCCN1C[C@@H](NC(=O)Nc2c(C)c(-c3cnc4c(cnn4CC(=O)OC)c3)nn2-c2ccccc2)[C@H](c2ccnc(F)c2)O1. The van der Waals surface area contributed by atoms with E-state index in [4.69, 9.17) is 19.4 Å². The number of aromatic nitrogens is 6. The monoisotopic (exact) mass is 629 g/mol. The average molecular weight is 630 g/mol. The number of halogens is 1. The number of benzene rings is 1. The third-order valence-corrected chi connectivity index (χ3v) is 7.58. The first kappa shape index (κ1) is 30.8. The zero-order valence-corrected chi connectivity index (χ0v) is 25.4. The quantitative estimate of drug-likeness (QED) is 0.174. The summed E-state index contributed by atoms with van der Waals surface area (Å²) in [6.45, 7) is 3.02. The number of hydroxylamine groups is 2. The minimum Gasteiger partial charge on any atom is -0.468 e. The summed E-state index contributed by atoms with van der Waals surface area (Å²) >= 11 is 0. The van der Waals surface area contributed by atoms with Crippen molar-refractivity contribution < 1.29 is 28.3 Å². The van der Waals surface area contributed by atoms with Gasteiger partial charge in [0.15, 0.2) is 5.65 Å². The molecule has 2 amide bonds. The molecular weight excluding hydrogens is 597 g/mol. The molecule has 46 heavy (non-hydrogen) atoms. The Kier molecular flexibility index (Phi) is 8.96. The maximum atomic E-state index is 14.0. The Morgan fingerprint density at radius 1 is 1.11 bits per heavy atom. The second kappa shape index (κ2) is 13.4. The van der Waals surface area contributed by atoms with Crippen molar-refractivity contribution in [3.8, 4) is 16.9 Å². The highest BCUT2D eigenvalue weighted by atomic mass is 19.1. The molecule has 6 rings (SSSR count). The number of nitrogens with one attached hydrogen (secondary N) is 2. The molecule has 1 aliphatic rings. The molecule has 0 spiro atoms. The van der Waals surface area contributed by atoms with Gasteiger partial charge in [-0.3, -0.25) is 14.9 Å². The Morgan fingerprint density at radius 2 is 1.93 bits per heavy atom. The van der Waals surface area contributed by atoms with Gasteiger partial charge < -0.3 is 14.8 Å². The molecule has 1 aliphatic heterocycles. The normalized spacial score (nSPS) is 16.5. The maximum absolute atomic E-state index is 14.0. The number of carbonyl (C=O) groups is 2. The highest BCUT2D eigenvalue weighted by Gasteiger charge is 2.37. The van der Waals surface area contributed by atoms with Crippen molar-refractivity contribution in [1.29, 1.82) is 0 Å². The first-order chi connectivity index (χ1) is 22.3. The van der Waals surface area contributed by atoms with Gasteiger partial charge in [-0.1, -0.05) is 18.2 Å². The smallest absolute Gasteiger partial charge is 0.327 e. The Morgan fingerprint density at radius 3 is 2.70 bits per heavy atom. The zero-order chi connectivity index (χ0) is 32.2. The lowest BCUT2D eigenvalue weighted by Crippen LogP contribution is -2.42. The number of urea groups is 1. The Balaban J connectivity index is 1.29. The van der Waals surface area contributed by atoms with E-state index in [9.17, 15) is 14.0 Å². The van der Waals surface area contributed by atoms with Crippen LogP contribution in [0, 0.1) is 12.9 Å². The molecule has 4 aromatic heterocycles. The van der Waals surface area contributed by atoms with Crippen LogP contribution in [0.5, 0.6) is 0 Å². The Hall–Kier alpha value is -5.25. The summed E-state index contributed by atoms with van der Waals surface area (Å²) in [4.78, 5) is 39.6. The summed E-state index contributed by atoms with van der Waals surface area (Å²) in [6, 6.07) is 13.2. The molecular formula is C31H32FN9O5. The van der Waals surface area contributed by atoms with Crippen molar-refractivity contribution in [3.63, 3.8) is 0 Å². The van der Waals surface area contributed by atoms with E-state index in [0.29, 0.717) is 58.9 Å². The molecule has 0 unspecified atom stereocenters. The molecule has 2 atom stereocenters. The molecule has 0 aliphatic carbocycles. The molecule has 5 heterocycles. The third kappa shape index (κ3) is 6.42. The van der Waals surface area contributed by atoms with Gasteiger partial charge in [-0.2, -0.15) is 19.7 Å². The van der Waals surface area contributed by atoms with Gasteiger partial charge in [-0.15, -0.1) is 0 Å². The lowest BCUT2D eigenvalue weighted by atomic mass is 10.0. The van der Waals surface area contributed by atoms with Gasteiger partial charge in [0.25, 0.3) is 0 Å². The van der Waals surface area contributed by atoms with Gasteiger partial charge >= 0.3 is 12.0 Å². The topological polar surface area (TPSA) is 151 Å². The molecule has 0 saturated carbocycles. The van der Waals surface area contributed by atoms with Crippen LogP contribution in [-0.2, 0) is 25.7 Å². The number of ether oxygens (including phenoxy) is 2. The molecule has 238 valence electrons. The standard InChI is InChI=1S/C31H32FN9O5/c1-19-27(21-13-22-16-35-40(18-26(42)45-3)30(22)34-15-21)38-41(23-7-5-4-6-8-23)29(19)37-31(43)36-24-17-39(11-12-44-2)46-28(24)20-9-10-33-25(32)14-20/h4-10,13-16,24,28H,11-12,17-18H2,1-3H3,(H2,36,37,43)/t24-,28+/m1/s1. The number of anilines is 1. The van der Waals surface area contributed by atoms with Crippen LogP contribution in [0.15, 0.2) is 67.1 Å². The van der Waals surface area contributed by atoms with Gasteiger partial charge in [0.1, 0.15) is 18.5 Å². The van der Waals surface area contributed by atoms with E-state index in [1.54, 1.807) is 35.3 Å². The highest BCUT2D eigenvalue weighted by molar-refractivity contribution is 5.91. The predicted molar refractivity (Wildman–Crippen MR) is 164 cm³/mol. The van der Waals surface area contributed by atoms with Crippen molar-refractivity contribution in [2.24, 2.45) is 0 Å². The molecule has 15 heteroatoms. The molecule has 2 N–H and O–H groups in total. The van der Waals surface area contributed by atoms with E-state index < -0.39 is 30.1 Å². The van der Waals surface area contributed by atoms with Crippen LogP contribution in [0.25, 0.3) is 28.0 Å². The van der Waals surface area contributed by atoms with Gasteiger partial charge in [-0.05, 0) is 42.8 Å². The number of para-hydroxylation sites is 1. The second-order valence-corrected chi connectivity index (χ2v) is 10.6. The van der Waals surface area contributed by atoms with Crippen molar-refractivity contribution in [3.05, 3.63) is 84.2 Å². The van der Waals surface area contributed by atoms with Crippen molar-refractivity contribution >= 4 is 28.9 Å². The van der Waals surface area contributed by atoms with E-state index in [1.165, 1.54) is 24.1 Å². The number of esters is 1. The van der Waals surface area contributed by atoms with Crippen LogP contribution < -0.4 is 10.6 Å². The lowest BCUT2D eigenvalue weighted by molar-refractivity contribution is -0.154. The van der Waals surface area contributed by atoms with Gasteiger partial charge in [0, 0.05) is 49.1 Å². The number of hydrogen-bond donors (Lipinski definition) is 2. The number of amides is 2. The second-order valence-electron chi connectivity index (χ2n) is 10.6. The van der Waals surface area contributed by atoms with E-state index in [1.807, 2.05) is 43.3 Å². The number of nitrogens with zero attached hydrogens (tertiary/aromatic N) is 7. The van der Waals surface area contributed by atoms with Crippen LogP contribution >= 0.6 is 0 Å². The Bertz CT molecular complexity index is 1860. The Labute approximate surface area is 263 Å². The van der Waals surface area contributed by atoms with Gasteiger partial charge in [0.05, 0.1) is 37.3 Å². The molecule has 1 fully saturated rings. The number of carbonyl (C=O) groups excluding carboxylic acids is 2. The summed E-state index contributed by atoms with van der Waals surface area (Å²) in [5, 5.41) is 17.5. The number of methoxy groups -OCH3 is 2. The van der Waals surface area contributed by atoms with E-state index in [2.05, 4.69) is 25.7 Å². The molecule has 0 radical (unpaired) electrons. The van der Waals surface area contributed by atoms with Crippen molar-refractivity contribution in [2.75, 3.05) is 39.2 Å². The van der Waals surface area contributed by atoms with Crippen molar-refractivity contribution in [1.82, 2.24) is 39.9 Å². The number of hydrogen-bond acceptors (Lipinski definition) is 10. The first-order valence-electron chi connectivity index (χ1n) is 14.5. The molecule has 14 nitrogen and oxygen atoms in total. The maximum Gasteiger partial charge on any atom is 0.327 e. The van der Waals surface area contributed by atoms with Gasteiger partial charge in [-0.25, -0.2) is 24.1 Å². The largest absolute Gasteiger partial charge is 0.468 e. The average Bonchev–Trinajstić information content (AvgIpc) is 3.75. The van der Waals surface area contributed by atoms with Crippen LogP contribution in [0.4, 0.5) is 15.0 Å². The van der Waals surface area contributed by atoms with Crippen LogP contribution in [0.2, 0.25) is 0 Å². The summed E-state index contributed by atoms with van der Waals surface area (Å²) in [5.41, 5.74) is 3.77. The fourth-order valence-electron chi connectivity index (χ4n) is 5.33. The summed E-state index contributed by atoms with van der Waals surface area (Å²) in [6.07, 6.45) is 3.99. The third-order valence-electron chi connectivity index (χ3n) is 7.58. The summed E-state index contributed by atoms with van der Waals surface area (Å²) < 4.78 is 27.1. The van der Waals surface area contributed by atoms with Crippen LogP contribution in [0.3, 0.4) is 0 Å². The molecule has 0 bridgehead atoms. The van der Waals surface area contributed by atoms with Gasteiger partial charge in [0.2, 0.25) is 5.95 Å². The zero-order valence-electron chi connectivity index (χ0n) is 25.4. The van der Waals surface area contributed by atoms with E-state index >= 15 is 0 Å². The van der Waals surface area contributed by atoms with Crippen molar-refractivity contribution in [2.45, 2.75) is 25.6 Å². The number of rotatable bonds is 10. The van der Waals surface area contributed by atoms with Crippen LogP contribution in [-0.4, -0.2) is 86.6 Å². The molecule has 1 saturated heterocycles.